The molecule has 9 heteroatoms. The van der Waals surface area contributed by atoms with E-state index in [0.717, 1.165) is 5.56 Å². The molecular formula is C23H27NO8. The molecule has 32 heavy (non-hydrogen) atoms. The van der Waals surface area contributed by atoms with Crippen LogP contribution in [0.15, 0.2) is 48.5 Å². The van der Waals surface area contributed by atoms with E-state index in [9.17, 15) is 19.5 Å². The highest BCUT2D eigenvalue weighted by molar-refractivity contribution is 5.85. The number of carbonyl (C=O) groups is 3. The Morgan fingerprint density at radius 3 is 2.12 bits per heavy atom. The number of carboxylic acid groups (broad SMARTS) is 1. The van der Waals surface area contributed by atoms with Crippen molar-refractivity contribution in [1.82, 2.24) is 5.32 Å². The minimum Gasteiger partial charge on any atom is -0.497 e. The average molecular weight is 445 g/mol. The summed E-state index contributed by atoms with van der Waals surface area (Å²) in [7, 11) is 2.99. The van der Waals surface area contributed by atoms with Crippen molar-refractivity contribution in [2.75, 3.05) is 14.2 Å². The normalized spacial score (nSPS) is 11.8. The molecule has 0 fully saturated rings. The Morgan fingerprint density at radius 2 is 1.59 bits per heavy atom. The van der Waals surface area contributed by atoms with E-state index < -0.39 is 36.1 Å². The summed E-state index contributed by atoms with van der Waals surface area (Å²) >= 11 is 0. The third-order valence-electron chi connectivity index (χ3n) is 4.60. The Bertz CT molecular complexity index is 920. The molecular weight excluding hydrogens is 418 g/mol. The molecule has 1 atom stereocenters. The van der Waals surface area contributed by atoms with Gasteiger partial charge in [0.05, 0.1) is 20.6 Å². The van der Waals surface area contributed by atoms with Crippen molar-refractivity contribution in [3.05, 3.63) is 59.7 Å². The molecule has 2 aromatic carbocycles. The van der Waals surface area contributed by atoms with Crippen molar-refractivity contribution in [2.45, 2.75) is 38.5 Å². The number of benzene rings is 2. The summed E-state index contributed by atoms with van der Waals surface area (Å²) in [5.74, 6) is -1.15. The Morgan fingerprint density at radius 1 is 1.00 bits per heavy atom. The lowest BCUT2D eigenvalue weighted by molar-refractivity contribution is -0.150. The van der Waals surface area contributed by atoms with Gasteiger partial charge >= 0.3 is 18.0 Å². The first kappa shape index (κ1) is 24.5. The molecule has 0 saturated carbocycles. The highest BCUT2D eigenvalue weighted by atomic mass is 16.6. The van der Waals surface area contributed by atoms with E-state index in [2.05, 4.69) is 5.32 Å². The van der Waals surface area contributed by atoms with Crippen LogP contribution in [0.4, 0.5) is 4.79 Å². The quantitative estimate of drug-likeness (QED) is 0.535. The molecule has 2 N–H and O–H groups in total. The maximum Gasteiger partial charge on any atom is 0.408 e. The fourth-order valence-corrected chi connectivity index (χ4v) is 2.78. The lowest BCUT2D eigenvalue weighted by Gasteiger charge is -2.27. The second-order valence-electron chi connectivity index (χ2n) is 7.39. The van der Waals surface area contributed by atoms with E-state index in [4.69, 9.17) is 18.9 Å². The molecule has 0 saturated heterocycles. The van der Waals surface area contributed by atoms with Gasteiger partial charge in [-0.1, -0.05) is 30.3 Å². The second kappa shape index (κ2) is 11.0. The lowest BCUT2D eigenvalue weighted by atomic mass is 9.97. The number of amides is 1. The number of carbonyl (C=O) groups excluding carboxylic acids is 2. The van der Waals surface area contributed by atoms with Crippen LogP contribution >= 0.6 is 0 Å². The molecule has 0 spiro atoms. The van der Waals surface area contributed by atoms with Gasteiger partial charge in [0.15, 0.2) is 0 Å². The first-order chi connectivity index (χ1) is 15.1. The predicted molar refractivity (Wildman–Crippen MR) is 114 cm³/mol. The van der Waals surface area contributed by atoms with Crippen LogP contribution in [0.2, 0.25) is 0 Å². The van der Waals surface area contributed by atoms with Crippen molar-refractivity contribution < 1.29 is 38.4 Å². The van der Waals surface area contributed by atoms with Gasteiger partial charge in [-0.25, -0.2) is 9.59 Å². The van der Waals surface area contributed by atoms with Gasteiger partial charge in [-0.3, -0.25) is 4.79 Å². The van der Waals surface area contributed by atoms with Gasteiger partial charge in [0.25, 0.3) is 0 Å². The fourth-order valence-electron chi connectivity index (χ4n) is 2.78. The zero-order valence-corrected chi connectivity index (χ0v) is 18.4. The molecule has 0 radical (unpaired) electrons. The van der Waals surface area contributed by atoms with Crippen LogP contribution in [0.1, 0.15) is 31.4 Å². The Labute approximate surface area is 186 Å². The Balaban J connectivity index is 2.00. The maximum atomic E-state index is 12.4. The number of hydrogen-bond acceptors (Lipinski definition) is 7. The number of esters is 1. The molecule has 2 rings (SSSR count). The van der Waals surface area contributed by atoms with Crippen LogP contribution in [0, 0.1) is 0 Å². The van der Waals surface area contributed by atoms with Gasteiger partial charge in [0, 0.05) is 11.6 Å². The molecule has 1 amide bonds. The van der Waals surface area contributed by atoms with E-state index in [1.807, 2.05) is 6.07 Å². The summed E-state index contributed by atoms with van der Waals surface area (Å²) in [6.45, 7) is 3.26. The topological polar surface area (TPSA) is 120 Å². The van der Waals surface area contributed by atoms with Gasteiger partial charge in [0.2, 0.25) is 0 Å². The number of methoxy groups -OCH3 is 2. The molecule has 0 unspecified atom stereocenters. The third kappa shape index (κ3) is 7.19. The summed E-state index contributed by atoms with van der Waals surface area (Å²) in [6.07, 6.45) is -1.55. The Kier molecular flexibility index (Phi) is 8.46. The zero-order valence-electron chi connectivity index (χ0n) is 18.4. The van der Waals surface area contributed by atoms with Crippen molar-refractivity contribution in [3.8, 4) is 11.5 Å². The van der Waals surface area contributed by atoms with Crippen LogP contribution in [-0.4, -0.2) is 43.4 Å². The standard InChI is InChI=1S/C23H27NO8/c1-23(2,16-10-17(29-3)12-18(11-16)30-4)32-22(28)24-19(21(26)27)13-20(25)31-14-15-8-6-5-7-9-15/h5-12,19H,13-14H2,1-4H3,(H,24,28)(H,26,27)/t19-/m0/s1. The monoisotopic (exact) mass is 445 g/mol. The molecule has 0 heterocycles. The summed E-state index contributed by atoms with van der Waals surface area (Å²) in [6, 6.07) is 12.4. The first-order valence-electron chi connectivity index (χ1n) is 9.80. The SMILES string of the molecule is COc1cc(OC)cc(C(C)(C)OC(=O)N[C@@H](CC(=O)OCc2ccccc2)C(=O)O)c1. The van der Waals surface area contributed by atoms with Gasteiger partial charge in [-0.05, 0) is 31.5 Å². The molecule has 0 aromatic heterocycles. The van der Waals surface area contributed by atoms with Crippen LogP contribution in [-0.2, 0) is 31.3 Å². The van der Waals surface area contributed by atoms with Crippen LogP contribution in [0.25, 0.3) is 0 Å². The third-order valence-corrected chi connectivity index (χ3v) is 4.60. The van der Waals surface area contributed by atoms with Crippen molar-refractivity contribution in [1.29, 1.82) is 0 Å². The van der Waals surface area contributed by atoms with E-state index in [-0.39, 0.29) is 6.61 Å². The number of alkyl carbamates (subject to hydrolysis) is 1. The van der Waals surface area contributed by atoms with Gasteiger partial charge in [-0.2, -0.15) is 0 Å². The van der Waals surface area contributed by atoms with Crippen LogP contribution in [0.3, 0.4) is 0 Å². The van der Waals surface area contributed by atoms with E-state index >= 15 is 0 Å². The van der Waals surface area contributed by atoms with Crippen LogP contribution < -0.4 is 14.8 Å². The molecule has 0 aliphatic carbocycles. The summed E-state index contributed by atoms with van der Waals surface area (Å²) < 4.78 is 21.0. The minimum atomic E-state index is -1.51. The highest BCUT2D eigenvalue weighted by Crippen LogP contribution is 2.32. The molecule has 0 bridgehead atoms. The summed E-state index contributed by atoms with van der Waals surface area (Å²) in [5, 5.41) is 11.6. The average Bonchev–Trinajstić information content (AvgIpc) is 2.77. The molecule has 172 valence electrons. The largest absolute Gasteiger partial charge is 0.497 e. The second-order valence-corrected chi connectivity index (χ2v) is 7.39. The fraction of sp³-hybridized carbons (Fsp3) is 0.348. The molecule has 0 aliphatic rings. The summed E-state index contributed by atoms with van der Waals surface area (Å²) in [5.41, 5.74) is 0.177. The number of ether oxygens (including phenoxy) is 4. The number of aliphatic carboxylic acids is 1. The minimum absolute atomic E-state index is 0.00115. The maximum absolute atomic E-state index is 12.4. The number of carboxylic acids is 1. The Hall–Kier alpha value is -3.75. The van der Waals surface area contributed by atoms with Crippen molar-refractivity contribution >= 4 is 18.0 Å². The zero-order chi connectivity index (χ0) is 23.7. The van der Waals surface area contributed by atoms with Gasteiger partial charge < -0.3 is 29.4 Å². The van der Waals surface area contributed by atoms with Crippen LogP contribution in [0.5, 0.6) is 11.5 Å². The highest BCUT2D eigenvalue weighted by Gasteiger charge is 2.30. The van der Waals surface area contributed by atoms with E-state index in [1.165, 1.54) is 14.2 Å². The van der Waals surface area contributed by atoms with Crippen molar-refractivity contribution in [3.63, 3.8) is 0 Å². The first-order valence-corrected chi connectivity index (χ1v) is 9.80. The predicted octanol–water partition coefficient (Wildman–Crippen LogP) is 3.25. The number of rotatable bonds is 10. The van der Waals surface area contributed by atoms with Gasteiger partial charge in [-0.15, -0.1) is 0 Å². The summed E-state index contributed by atoms with van der Waals surface area (Å²) in [4.78, 5) is 36.0. The molecule has 2 aromatic rings. The molecule has 9 nitrogen and oxygen atoms in total. The van der Waals surface area contributed by atoms with E-state index in [1.54, 1.807) is 56.3 Å². The molecule has 0 aliphatic heterocycles. The van der Waals surface area contributed by atoms with Gasteiger partial charge in [0.1, 0.15) is 29.7 Å². The van der Waals surface area contributed by atoms with E-state index in [0.29, 0.717) is 17.1 Å². The number of nitrogens with one attached hydrogen (secondary N) is 1. The number of hydrogen-bond donors (Lipinski definition) is 2. The van der Waals surface area contributed by atoms with Crippen molar-refractivity contribution in [2.24, 2.45) is 0 Å². The smallest absolute Gasteiger partial charge is 0.408 e. The lowest BCUT2D eigenvalue weighted by Crippen LogP contribution is -2.44.